The maximum absolute atomic E-state index is 13.1. The Morgan fingerprint density at radius 2 is 0.957 bits per heavy atom. The van der Waals surface area contributed by atoms with E-state index in [1.54, 1.807) is 12.1 Å². The van der Waals surface area contributed by atoms with E-state index < -0.39 is 11.7 Å². The maximum Gasteiger partial charge on any atom is 0.416 e. The lowest BCUT2D eigenvalue weighted by Gasteiger charge is -2.23. The SMILES string of the molecule is CCCN(C)Cc1cn[nH]c1C1=CCCC1.CCCN(C)Cc1cn[nH]c1C1CCCCC1.CN(CCN)CC1=CCN=C1/C=C/Cc1ccccc1.CN(CCN)CC1=CCN=C1/C=C/c1ccc(C(F)(F)F)cc1.CN(CCN)CC1=CCN=C1/C=C/c1cccc(F)c1.CN(CCN)CC1=CCN=C1CCc1ccc(F)cc1. The van der Waals surface area contributed by atoms with Gasteiger partial charge in [0.05, 0.1) is 67.0 Å². The van der Waals surface area contributed by atoms with Crippen LogP contribution >= 0.6 is 0 Å². The van der Waals surface area contributed by atoms with E-state index in [2.05, 4.69) is 179 Å². The van der Waals surface area contributed by atoms with E-state index in [-0.39, 0.29) is 11.6 Å². The Morgan fingerprint density at radius 1 is 0.457 bits per heavy atom. The number of aromatic amines is 2. The summed E-state index contributed by atoms with van der Waals surface area (Å²) in [7, 11) is 12.6. The van der Waals surface area contributed by atoms with Crippen molar-refractivity contribution in [3.8, 4) is 0 Å². The summed E-state index contributed by atoms with van der Waals surface area (Å²) in [6.07, 6.45) is 38.1. The van der Waals surface area contributed by atoms with Crippen LogP contribution in [0.4, 0.5) is 22.0 Å². The highest BCUT2D eigenvalue weighted by Gasteiger charge is 2.30. The van der Waals surface area contributed by atoms with Crippen molar-refractivity contribution in [3.63, 3.8) is 0 Å². The van der Waals surface area contributed by atoms with Crippen molar-refractivity contribution in [2.45, 2.75) is 123 Å². The fraction of sp³-hybridized carbons (Fsp3) is 0.462. The van der Waals surface area contributed by atoms with Gasteiger partial charge in [-0.3, -0.25) is 30.2 Å². The molecule has 10 N–H and O–H groups in total. The molecule has 4 aliphatic heterocycles. The summed E-state index contributed by atoms with van der Waals surface area (Å²) in [5.41, 5.74) is 41.6. The topological polar surface area (TPSA) is 230 Å². The molecule has 2 aliphatic carbocycles. The highest BCUT2D eigenvalue weighted by molar-refractivity contribution is 6.13. The summed E-state index contributed by atoms with van der Waals surface area (Å²) in [5, 5.41) is 14.8. The van der Waals surface area contributed by atoms with Gasteiger partial charge in [0.2, 0.25) is 0 Å². The molecular weight excluding hydrogens is 1460 g/mol. The molecule has 12 rings (SSSR count). The Labute approximate surface area is 688 Å². The minimum atomic E-state index is -4.30. The highest BCUT2D eigenvalue weighted by atomic mass is 19.4. The second-order valence-corrected chi connectivity index (χ2v) is 30.6. The lowest BCUT2D eigenvalue weighted by atomic mass is 9.85. The molecule has 0 amide bonds. The van der Waals surface area contributed by atoms with Crippen molar-refractivity contribution in [2.24, 2.45) is 42.9 Å². The molecule has 1 fully saturated rings. The fourth-order valence-electron chi connectivity index (χ4n) is 14.4. The van der Waals surface area contributed by atoms with Crippen LogP contribution in [-0.2, 0) is 32.1 Å². The number of aromatic nitrogens is 4. The number of hydrogen-bond acceptors (Lipinski definition) is 16. The fourth-order valence-corrected chi connectivity index (χ4v) is 14.4. The number of aryl methyl sites for hydroxylation is 1. The van der Waals surface area contributed by atoms with E-state index in [4.69, 9.17) is 22.9 Å². The van der Waals surface area contributed by atoms with E-state index in [0.717, 1.165) is 163 Å². The molecule has 0 atom stereocenters. The van der Waals surface area contributed by atoms with Gasteiger partial charge in [-0.1, -0.05) is 148 Å². The molecule has 18 nitrogen and oxygen atoms in total. The lowest BCUT2D eigenvalue weighted by molar-refractivity contribution is -0.137. The van der Waals surface area contributed by atoms with Crippen molar-refractivity contribution in [2.75, 3.05) is 160 Å². The van der Waals surface area contributed by atoms with Gasteiger partial charge in [-0.2, -0.15) is 23.4 Å². The van der Waals surface area contributed by atoms with Crippen molar-refractivity contribution in [1.29, 1.82) is 0 Å². The molecule has 4 aromatic carbocycles. The van der Waals surface area contributed by atoms with Gasteiger partial charge in [0.1, 0.15) is 11.6 Å². The summed E-state index contributed by atoms with van der Waals surface area (Å²) in [6, 6.07) is 28.8. The van der Waals surface area contributed by atoms with Crippen LogP contribution in [0.25, 0.3) is 17.7 Å². The number of likely N-dealkylation sites (N-methyl/N-ethyl adjacent to an activating group) is 4. The van der Waals surface area contributed by atoms with Crippen molar-refractivity contribution < 1.29 is 22.0 Å². The predicted molar refractivity (Wildman–Crippen MR) is 476 cm³/mol. The number of alkyl halides is 3. The standard InChI is InChI=1S/C17H20F3N3.C17H23N3.C16H22FN3.C16H20FN3.C14H25N3.C13H21N3/c1-23(11-9-21)12-14-8-10-22-16(14)7-4-13-2-5-15(6-3-13)17(18,19)20;1-20(13-11-18)14-16-10-12-19-17(16)9-5-8-15-6-3-2-4-7-15;1-20(11-9-18)12-14-8-10-19-16(14)7-4-13-2-5-15(17)6-3-13;1-20(10-8-18)12-14-7-9-19-16(14)6-5-13-3-2-4-15(17)11-13;1-3-9-17(2)11-13-10-15-16-14(13)12-7-5-4-6-8-12;1-3-8-16(2)10-12-9-14-15-13(12)11-6-4-5-7-11/h2-8H,9-12,21H2,1H3;2-7,9-10H,8,11-14,18H2,1H3;2-3,5-6,8H,4,7,9-12,18H2,1H3;2-7,11H,8-10,12,18H2,1H3;10,12H,3-9,11H2,1-2H3,(H,15,16);6,9H,3-5,7-8,10H2,1-2H3,(H,14,15)/b7-4+;9-5+;;6-5+;;. The van der Waals surface area contributed by atoms with Crippen LogP contribution in [0.5, 0.6) is 0 Å². The van der Waals surface area contributed by atoms with Gasteiger partial charge in [0, 0.05) is 120 Å². The first kappa shape index (κ1) is 94.3. The van der Waals surface area contributed by atoms with Gasteiger partial charge in [-0.15, -0.1) is 0 Å². The summed E-state index contributed by atoms with van der Waals surface area (Å²) in [6.45, 7) is 21.2. The average Bonchev–Trinajstić information content (AvgIpc) is 1.71. The summed E-state index contributed by atoms with van der Waals surface area (Å²) < 4.78 is 63.5. The third-order valence-corrected chi connectivity index (χ3v) is 20.5. The Bertz CT molecular complexity index is 4230. The number of hydrogen-bond donors (Lipinski definition) is 6. The molecule has 6 aliphatic rings. The van der Waals surface area contributed by atoms with E-state index in [9.17, 15) is 22.0 Å². The van der Waals surface area contributed by atoms with E-state index >= 15 is 0 Å². The van der Waals surface area contributed by atoms with Crippen LogP contribution < -0.4 is 22.9 Å². The molecule has 628 valence electrons. The number of H-pyrrole nitrogens is 2. The molecule has 0 unspecified atom stereocenters. The number of aliphatic imine (C=N–C) groups is 4. The van der Waals surface area contributed by atoms with Gasteiger partial charge in [0.25, 0.3) is 0 Å². The highest BCUT2D eigenvalue weighted by Crippen LogP contribution is 2.34. The number of rotatable bonds is 36. The first-order valence-electron chi connectivity index (χ1n) is 41.5. The quantitative estimate of drug-likeness (QED) is 0.0202. The van der Waals surface area contributed by atoms with Crippen molar-refractivity contribution in [1.82, 2.24) is 49.8 Å². The Kier molecular flexibility index (Phi) is 42.9. The third-order valence-electron chi connectivity index (χ3n) is 20.5. The molecule has 0 saturated heterocycles. The minimum Gasteiger partial charge on any atom is -0.329 e. The van der Waals surface area contributed by atoms with E-state index in [1.165, 1.54) is 157 Å². The molecule has 2 aromatic heterocycles. The Balaban J connectivity index is 0.000000193. The molecule has 6 heterocycles. The smallest absolute Gasteiger partial charge is 0.329 e. The molecule has 0 spiro atoms. The largest absolute Gasteiger partial charge is 0.416 e. The summed E-state index contributed by atoms with van der Waals surface area (Å²) >= 11 is 0. The Morgan fingerprint density at radius 3 is 1.48 bits per heavy atom. The van der Waals surface area contributed by atoms with Gasteiger partial charge in [-0.25, -0.2) is 8.78 Å². The van der Waals surface area contributed by atoms with Crippen LogP contribution in [0.15, 0.2) is 212 Å². The zero-order chi connectivity index (χ0) is 83.3. The van der Waals surface area contributed by atoms with Crippen LogP contribution in [0.3, 0.4) is 0 Å². The second-order valence-electron chi connectivity index (χ2n) is 30.6. The molecule has 0 radical (unpaired) electrons. The monoisotopic (exact) mass is 1600 g/mol. The number of halogens is 5. The molecular formula is C93H131F5N18. The minimum absolute atomic E-state index is 0.184. The molecule has 23 heteroatoms. The molecule has 116 heavy (non-hydrogen) atoms. The van der Waals surface area contributed by atoms with Crippen LogP contribution in [0.2, 0.25) is 0 Å². The van der Waals surface area contributed by atoms with Gasteiger partial charge >= 0.3 is 6.18 Å². The van der Waals surface area contributed by atoms with Gasteiger partial charge < -0.3 is 52.3 Å². The maximum atomic E-state index is 13.1. The predicted octanol–water partition coefficient (Wildman–Crippen LogP) is 15.3. The molecule has 6 aromatic rings. The van der Waals surface area contributed by atoms with Gasteiger partial charge in [-0.05, 0) is 224 Å². The molecule has 1 saturated carbocycles. The number of benzene rings is 4. The van der Waals surface area contributed by atoms with Crippen molar-refractivity contribution in [3.05, 3.63) is 254 Å². The number of nitrogens with one attached hydrogen (secondary N) is 2. The zero-order valence-electron chi connectivity index (χ0n) is 70.3. The first-order chi connectivity index (χ1) is 56.2. The van der Waals surface area contributed by atoms with E-state index in [1.807, 2.05) is 69.0 Å². The normalized spacial score (nSPS) is 15.5. The van der Waals surface area contributed by atoms with Crippen LogP contribution in [0, 0.1) is 11.6 Å². The number of allylic oxidation sites excluding steroid dienone is 6. The van der Waals surface area contributed by atoms with Crippen LogP contribution in [0.1, 0.15) is 141 Å². The number of nitrogens with two attached hydrogens (primary N) is 4. The lowest BCUT2D eigenvalue weighted by Crippen LogP contribution is -2.28. The van der Waals surface area contributed by atoms with E-state index in [0.29, 0.717) is 44.8 Å². The average molecular weight is 1600 g/mol. The van der Waals surface area contributed by atoms with Crippen molar-refractivity contribution >= 4 is 40.6 Å². The molecule has 0 bridgehead atoms. The Hall–Kier alpha value is -8.85. The second kappa shape index (κ2) is 52.8. The summed E-state index contributed by atoms with van der Waals surface area (Å²) in [5.74, 6) is 0.325. The zero-order valence-corrected chi connectivity index (χ0v) is 70.3. The first-order valence-corrected chi connectivity index (χ1v) is 41.5. The van der Waals surface area contributed by atoms with Crippen LogP contribution in [-0.4, -0.2) is 233 Å². The van der Waals surface area contributed by atoms with Gasteiger partial charge in [0.15, 0.2) is 0 Å². The number of nitrogens with zero attached hydrogens (tertiary/aromatic N) is 12. The summed E-state index contributed by atoms with van der Waals surface area (Å²) in [4.78, 5) is 31.4. The third kappa shape index (κ3) is 34.8.